The first-order chi connectivity index (χ1) is 5.24. The van der Waals surface area contributed by atoms with Gasteiger partial charge in [0.2, 0.25) is 0 Å². The molecule has 11 heavy (non-hydrogen) atoms. The van der Waals surface area contributed by atoms with Crippen LogP contribution < -0.4 is 0 Å². The Hall–Kier alpha value is -0.740. The van der Waals surface area contributed by atoms with Crippen molar-refractivity contribution in [3.05, 3.63) is 27.6 Å². The van der Waals surface area contributed by atoms with Crippen LogP contribution in [0.4, 0.5) is 10.1 Å². The normalized spacial score (nSPS) is 8.91. The summed E-state index contributed by atoms with van der Waals surface area (Å²) in [6, 6.07) is 6.37. The summed E-state index contributed by atoms with van der Waals surface area (Å²) in [5.74, 6) is -0.420. The third-order valence-electron chi connectivity index (χ3n) is 1.09. The summed E-state index contributed by atoms with van der Waals surface area (Å²) in [4.78, 5) is 3.39. The van der Waals surface area contributed by atoms with E-state index in [1.165, 1.54) is 12.1 Å². The molecule has 0 saturated heterocycles. The molecule has 0 atom stereocenters. The highest BCUT2D eigenvalue weighted by molar-refractivity contribution is 14.1. The zero-order valence-electron chi connectivity index (χ0n) is 5.44. The van der Waals surface area contributed by atoms with Gasteiger partial charge in [-0.3, -0.25) is 0 Å². The summed E-state index contributed by atoms with van der Waals surface area (Å²) < 4.78 is 13.6. The quantitative estimate of drug-likeness (QED) is 0.596. The maximum atomic E-state index is 12.8. The highest BCUT2D eigenvalue weighted by Gasteiger charge is 1.98. The van der Waals surface area contributed by atoms with Crippen molar-refractivity contribution in [2.75, 3.05) is 0 Å². The first-order valence-electron chi connectivity index (χ1n) is 2.81. The van der Waals surface area contributed by atoms with Crippen molar-refractivity contribution < 1.29 is 4.39 Å². The lowest BCUT2D eigenvalue weighted by Crippen LogP contribution is -1.76. The molecule has 0 aromatic heterocycles. The molecule has 56 valence electrons. The molecule has 0 spiro atoms. The van der Waals surface area contributed by atoms with Gasteiger partial charge in [-0.1, -0.05) is 0 Å². The van der Waals surface area contributed by atoms with Gasteiger partial charge in [-0.15, -0.1) is 0 Å². The maximum Gasteiger partial charge on any atom is 0.150 e. The van der Waals surface area contributed by atoms with E-state index in [1.54, 1.807) is 12.1 Å². The van der Waals surface area contributed by atoms with Crippen LogP contribution in [0.3, 0.4) is 0 Å². The summed E-state index contributed by atoms with van der Waals surface area (Å²) in [5, 5.41) is 6.51. The molecule has 0 bridgehead atoms. The second-order valence-electron chi connectivity index (χ2n) is 1.82. The van der Waals surface area contributed by atoms with E-state index in [-0.39, 0.29) is 5.69 Å². The average Bonchev–Trinajstić information content (AvgIpc) is 1.95. The first-order valence-corrected chi connectivity index (χ1v) is 3.89. The number of halogens is 2. The fourth-order valence-electron chi connectivity index (χ4n) is 0.632. The Bertz CT molecular complexity index is 318. The van der Waals surface area contributed by atoms with Gasteiger partial charge in [0.15, 0.2) is 5.82 Å². The molecule has 0 aliphatic heterocycles. The summed E-state index contributed by atoms with van der Waals surface area (Å²) in [6.45, 7) is 0. The third-order valence-corrected chi connectivity index (χ3v) is 1.76. The number of nitrogens with zero attached hydrogens (tertiary/aromatic N) is 1. The lowest BCUT2D eigenvalue weighted by Gasteiger charge is -1.93. The molecule has 0 aliphatic rings. The molecule has 0 amide bonds. The van der Waals surface area contributed by atoms with Crippen molar-refractivity contribution in [2.45, 2.75) is 0 Å². The minimum atomic E-state index is -0.420. The van der Waals surface area contributed by atoms with E-state index >= 15 is 0 Å². The van der Waals surface area contributed by atoms with Gasteiger partial charge >= 0.3 is 0 Å². The number of hydrogen-bond acceptors (Lipinski definition) is 2. The van der Waals surface area contributed by atoms with Gasteiger partial charge in [-0.05, 0) is 40.8 Å². The zero-order chi connectivity index (χ0) is 8.27. The number of rotatable bonds is 1. The molecule has 0 heterocycles. The zero-order valence-corrected chi connectivity index (χ0v) is 7.59. The summed E-state index contributed by atoms with van der Waals surface area (Å²) in [6.07, 6.45) is 0. The number of nitrogens with one attached hydrogen (secondary N) is 1. The highest BCUT2D eigenvalue weighted by atomic mass is 127. The van der Waals surface area contributed by atoms with Crippen LogP contribution in [0.2, 0.25) is 0 Å². The van der Waals surface area contributed by atoms with Crippen LogP contribution in [0.25, 0.3) is 0 Å². The molecule has 1 aromatic rings. The Kier molecular flexibility index (Phi) is 2.73. The van der Waals surface area contributed by atoms with E-state index in [4.69, 9.17) is 5.41 Å². The predicted octanol–water partition coefficient (Wildman–Crippen LogP) is 2.81. The van der Waals surface area contributed by atoms with E-state index in [9.17, 15) is 4.39 Å². The second-order valence-corrected chi connectivity index (χ2v) is 3.06. The fourth-order valence-corrected chi connectivity index (χ4v) is 1.09. The van der Waals surface area contributed by atoms with Crippen LogP contribution in [-0.4, -0.2) is 6.01 Å². The van der Waals surface area contributed by atoms with Crippen molar-refractivity contribution in [2.24, 2.45) is 4.99 Å². The monoisotopic (exact) mass is 262 g/mol. The highest BCUT2D eigenvalue weighted by Crippen LogP contribution is 2.18. The van der Waals surface area contributed by atoms with Gasteiger partial charge in [0, 0.05) is 3.57 Å². The standard InChI is InChI=1S/C7H4FIN2/c8-6-3-5(9)1-2-7(6)11-4-10/h1-3,10H. The lowest BCUT2D eigenvalue weighted by molar-refractivity contribution is 0.629. The first kappa shape index (κ1) is 8.36. The predicted molar refractivity (Wildman–Crippen MR) is 48.9 cm³/mol. The Labute approximate surface area is 76.8 Å². The van der Waals surface area contributed by atoms with Gasteiger partial charge in [-0.2, -0.15) is 4.99 Å². The minimum Gasteiger partial charge on any atom is -0.241 e. The van der Waals surface area contributed by atoms with Gasteiger partial charge in [-0.25, -0.2) is 9.80 Å². The van der Waals surface area contributed by atoms with Crippen molar-refractivity contribution in [3.8, 4) is 0 Å². The van der Waals surface area contributed by atoms with Crippen LogP contribution in [0.1, 0.15) is 0 Å². The fraction of sp³-hybridized carbons (Fsp3) is 0. The van der Waals surface area contributed by atoms with Crippen molar-refractivity contribution in [3.63, 3.8) is 0 Å². The third kappa shape index (κ3) is 2.10. The van der Waals surface area contributed by atoms with Crippen molar-refractivity contribution in [1.29, 1.82) is 5.41 Å². The molecule has 0 saturated carbocycles. The number of hydrogen-bond donors (Lipinski definition) is 1. The topological polar surface area (TPSA) is 36.2 Å². The van der Waals surface area contributed by atoms with E-state index in [0.29, 0.717) is 0 Å². The van der Waals surface area contributed by atoms with Gasteiger partial charge < -0.3 is 0 Å². The molecule has 1 rings (SSSR count). The lowest BCUT2D eigenvalue weighted by atomic mass is 10.3. The van der Waals surface area contributed by atoms with Crippen molar-refractivity contribution >= 4 is 34.3 Å². The van der Waals surface area contributed by atoms with E-state index < -0.39 is 5.82 Å². The molecular formula is C7H4FIN2. The molecule has 0 aliphatic carbocycles. The Morgan fingerprint density at radius 3 is 2.82 bits per heavy atom. The summed E-state index contributed by atoms with van der Waals surface area (Å²) >= 11 is 2.00. The molecule has 0 radical (unpaired) electrons. The molecular weight excluding hydrogens is 258 g/mol. The molecule has 0 fully saturated rings. The van der Waals surface area contributed by atoms with Crippen LogP contribution in [0, 0.1) is 14.8 Å². The SMILES string of the molecule is N=C=Nc1ccc(I)cc1F. The van der Waals surface area contributed by atoms with E-state index in [1.807, 2.05) is 22.6 Å². The molecule has 4 heteroatoms. The molecule has 0 unspecified atom stereocenters. The van der Waals surface area contributed by atoms with Crippen LogP contribution in [0.5, 0.6) is 0 Å². The van der Waals surface area contributed by atoms with Gasteiger partial charge in [0.1, 0.15) is 5.69 Å². The largest absolute Gasteiger partial charge is 0.241 e. The number of benzene rings is 1. The van der Waals surface area contributed by atoms with E-state index in [2.05, 4.69) is 4.99 Å². The Balaban J connectivity index is 3.19. The van der Waals surface area contributed by atoms with Crippen LogP contribution in [-0.2, 0) is 0 Å². The average molecular weight is 262 g/mol. The smallest absolute Gasteiger partial charge is 0.150 e. The van der Waals surface area contributed by atoms with Crippen LogP contribution in [0.15, 0.2) is 23.2 Å². The maximum absolute atomic E-state index is 12.8. The van der Waals surface area contributed by atoms with E-state index in [0.717, 1.165) is 3.57 Å². The number of aliphatic imine (C=N–C) groups is 1. The Morgan fingerprint density at radius 2 is 2.27 bits per heavy atom. The molecule has 2 nitrogen and oxygen atoms in total. The summed E-state index contributed by atoms with van der Waals surface area (Å²) in [7, 11) is 0. The molecule has 1 aromatic carbocycles. The Morgan fingerprint density at radius 1 is 1.55 bits per heavy atom. The van der Waals surface area contributed by atoms with Gasteiger partial charge in [0.25, 0.3) is 0 Å². The van der Waals surface area contributed by atoms with Gasteiger partial charge in [0.05, 0.1) is 6.01 Å². The second kappa shape index (κ2) is 3.59. The van der Waals surface area contributed by atoms with Crippen molar-refractivity contribution in [1.82, 2.24) is 0 Å². The summed E-state index contributed by atoms with van der Waals surface area (Å²) in [5.41, 5.74) is 0.153. The molecule has 1 N–H and O–H groups in total. The van der Waals surface area contributed by atoms with Crippen LogP contribution >= 0.6 is 22.6 Å². The minimum absolute atomic E-state index is 0.153.